The molecule has 29 heavy (non-hydrogen) atoms. The fourth-order valence-corrected chi connectivity index (χ4v) is 4.65. The Morgan fingerprint density at radius 2 is 1.69 bits per heavy atom. The van der Waals surface area contributed by atoms with E-state index in [-0.39, 0.29) is 11.4 Å². The molecule has 0 saturated heterocycles. The summed E-state index contributed by atoms with van der Waals surface area (Å²) in [6.45, 7) is 5.73. The zero-order valence-corrected chi connectivity index (χ0v) is 17.3. The fraction of sp³-hybridized carbons (Fsp3) is 0.190. The third kappa shape index (κ3) is 3.71. The van der Waals surface area contributed by atoms with Gasteiger partial charge in [-0.1, -0.05) is 30.3 Å². The third-order valence-corrected chi connectivity index (χ3v) is 6.36. The van der Waals surface area contributed by atoms with Gasteiger partial charge in [0.25, 0.3) is 15.8 Å². The Bertz CT molecular complexity index is 1280. The van der Waals surface area contributed by atoms with Gasteiger partial charge >= 0.3 is 0 Å². The van der Waals surface area contributed by atoms with Gasteiger partial charge in [-0.15, -0.1) is 5.10 Å². The highest BCUT2D eigenvalue weighted by Crippen LogP contribution is 2.26. The van der Waals surface area contributed by atoms with E-state index in [0.717, 1.165) is 17.0 Å². The first-order valence-electron chi connectivity index (χ1n) is 9.19. The Morgan fingerprint density at radius 3 is 2.41 bits per heavy atom. The molecule has 4 aromatic rings. The normalized spacial score (nSPS) is 11.7. The molecule has 0 aliphatic rings. The van der Waals surface area contributed by atoms with Gasteiger partial charge in [-0.05, 0) is 56.7 Å². The average Bonchev–Trinajstić information content (AvgIpc) is 3.09. The van der Waals surface area contributed by atoms with Gasteiger partial charge in [0.2, 0.25) is 0 Å². The quantitative estimate of drug-likeness (QED) is 0.506. The standard InChI is InChI=1S/C21H21N5O2S/c1-15-8-7-9-18(12-15)25(29(27,28)19-10-5-4-6-11-19)14-20-23-21-22-16(2)13-17(3)26(21)24-20/h4-13H,14H2,1-3H3. The lowest BCUT2D eigenvalue weighted by atomic mass is 10.2. The summed E-state index contributed by atoms with van der Waals surface area (Å²) in [5.74, 6) is 0.839. The molecule has 0 N–H and O–H groups in total. The van der Waals surface area contributed by atoms with Crippen LogP contribution < -0.4 is 4.31 Å². The summed E-state index contributed by atoms with van der Waals surface area (Å²) in [5, 5.41) is 4.49. The molecule has 0 aliphatic carbocycles. The van der Waals surface area contributed by atoms with Crippen LogP contribution in [0.1, 0.15) is 22.8 Å². The molecular formula is C21H21N5O2S. The molecule has 7 nitrogen and oxygen atoms in total. The molecule has 0 unspecified atom stereocenters. The molecule has 2 aromatic heterocycles. The van der Waals surface area contributed by atoms with E-state index in [9.17, 15) is 8.42 Å². The van der Waals surface area contributed by atoms with Gasteiger partial charge in [0.15, 0.2) is 5.82 Å². The highest BCUT2D eigenvalue weighted by atomic mass is 32.2. The zero-order valence-electron chi connectivity index (χ0n) is 16.4. The molecule has 0 amide bonds. The Balaban J connectivity index is 1.82. The molecule has 0 bridgehead atoms. The van der Waals surface area contributed by atoms with Crippen molar-refractivity contribution in [1.29, 1.82) is 0 Å². The van der Waals surface area contributed by atoms with Gasteiger partial charge < -0.3 is 0 Å². The number of anilines is 1. The molecule has 0 atom stereocenters. The fourth-order valence-electron chi connectivity index (χ4n) is 3.22. The maximum absolute atomic E-state index is 13.4. The highest BCUT2D eigenvalue weighted by Gasteiger charge is 2.27. The van der Waals surface area contributed by atoms with Crippen LogP contribution >= 0.6 is 0 Å². The number of benzene rings is 2. The van der Waals surface area contributed by atoms with E-state index in [0.29, 0.717) is 17.3 Å². The second kappa shape index (κ2) is 7.29. The van der Waals surface area contributed by atoms with Gasteiger partial charge in [-0.25, -0.2) is 17.9 Å². The molecule has 0 spiro atoms. The molecule has 0 fully saturated rings. The van der Waals surface area contributed by atoms with Crippen LogP contribution in [-0.4, -0.2) is 28.0 Å². The average molecular weight is 407 g/mol. The van der Waals surface area contributed by atoms with E-state index in [1.165, 1.54) is 4.31 Å². The van der Waals surface area contributed by atoms with Gasteiger partial charge in [-0.2, -0.15) is 4.98 Å². The number of sulfonamides is 1. The number of nitrogens with zero attached hydrogens (tertiary/aromatic N) is 5. The van der Waals surface area contributed by atoms with E-state index in [2.05, 4.69) is 15.1 Å². The van der Waals surface area contributed by atoms with Crippen LogP contribution in [0.15, 0.2) is 65.6 Å². The van der Waals surface area contributed by atoms with Crippen LogP contribution in [0, 0.1) is 20.8 Å². The van der Waals surface area contributed by atoms with Crippen LogP contribution in [0.5, 0.6) is 0 Å². The maximum atomic E-state index is 13.4. The molecule has 0 saturated carbocycles. The molecular weight excluding hydrogens is 386 g/mol. The molecule has 0 radical (unpaired) electrons. The number of aryl methyl sites for hydroxylation is 3. The second-order valence-electron chi connectivity index (χ2n) is 6.94. The molecule has 148 valence electrons. The van der Waals surface area contributed by atoms with Crippen LogP contribution in [0.2, 0.25) is 0 Å². The molecule has 2 heterocycles. The number of fused-ring (bicyclic) bond motifs is 1. The molecule has 8 heteroatoms. The molecule has 4 rings (SSSR count). The number of hydrogen-bond donors (Lipinski definition) is 0. The number of rotatable bonds is 5. The number of hydrogen-bond acceptors (Lipinski definition) is 5. The summed E-state index contributed by atoms with van der Waals surface area (Å²) in [7, 11) is -3.80. The van der Waals surface area contributed by atoms with Crippen molar-refractivity contribution in [2.45, 2.75) is 32.2 Å². The van der Waals surface area contributed by atoms with Crippen molar-refractivity contribution in [1.82, 2.24) is 19.6 Å². The van der Waals surface area contributed by atoms with Gasteiger partial charge in [0, 0.05) is 11.4 Å². The second-order valence-corrected chi connectivity index (χ2v) is 8.80. The van der Waals surface area contributed by atoms with Crippen LogP contribution in [0.3, 0.4) is 0 Å². The van der Waals surface area contributed by atoms with Crippen molar-refractivity contribution < 1.29 is 8.42 Å². The lowest BCUT2D eigenvalue weighted by molar-refractivity contribution is 0.589. The SMILES string of the molecule is Cc1cccc(N(Cc2nc3nc(C)cc(C)n3n2)S(=O)(=O)c2ccccc2)c1. The Labute approximate surface area is 169 Å². The topological polar surface area (TPSA) is 80.5 Å². The van der Waals surface area contributed by atoms with E-state index in [4.69, 9.17) is 0 Å². The van der Waals surface area contributed by atoms with Crippen molar-refractivity contribution in [3.63, 3.8) is 0 Å². The van der Waals surface area contributed by atoms with Gasteiger partial charge in [-0.3, -0.25) is 4.31 Å². The van der Waals surface area contributed by atoms with Crippen molar-refractivity contribution in [2.24, 2.45) is 0 Å². The summed E-state index contributed by atoms with van der Waals surface area (Å²) < 4.78 is 29.8. The Hall–Kier alpha value is -3.26. The van der Waals surface area contributed by atoms with Gasteiger partial charge in [0.05, 0.1) is 17.1 Å². The minimum atomic E-state index is -3.80. The molecule has 2 aromatic carbocycles. The minimum absolute atomic E-state index is 0.00251. The number of aromatic nitrogens is 4. The Kier molecular flexibility index (Phi) is 4.79. The summed E-state index contributed by atoms with van der Waals surface area (Å²) in [4.78, 5) is 9.07. The smallest absolute Gasteiger partial charge is 0.259 e. The van der Waals surface area contributed by atoms with E-state index < -0.39 is 10.0 Å². The summed E-state index contributed by atoms with van der Waals surface area (Å²) in [6, 6.07) is 17.7. The van der Waals surface area contributed by atoms with Crippen molar-refractivity contribution in [2.75, 3.05) is 4.31 Å². The largest absolute Gasteiger partial charge is 0.264 e. The maximum Gasteiger partial charge on any atom is 0.264 e. The lowest BCUT2D eigenvalue weighted by Gasteiger charge is -2.23. The first-order valence-corrected chi connectivity index (χ1v) is 10.6. The first kappa shape index (κ1) is 19.1. The predicted molar refractivity (Wildman–Crippen MR) is 111 cm³/mol. The van der Waals surface area contributed by atoms with Crippen LogP contribution in [0.25, 0.3) is 5.78 Å². The van der Waals surface area contributed by atoms with Crippen molar-refractivity contribution in [3.8, 4) is 0 Å². The zero-order chi connectivity index (χ0) is 20.6. The Morgan fingerprint density at radius 1 is 0.931 bits per heavy atom. The van der Waals surface area contributed by atoms with Gasteiger partial charge in [0.1, 0.15) is 0 Å². The lowest BCUT2D eigenvalue weighted by Crippen LogP contribution is -2.31. The first-order chi connectivity index (χ1) is 13.8. The highest BCUT2D eigenvalue weighted by molar-refractivity contribution is 7.92. The third-order valence-electron chi connectivity index (χ3n) is 4.57. The van der Waals surface area contributed by atoms with E-state index >= 15 is 0 Å². The van der Waals surface area contributed by atoms with Crippen molar-refractivity contribution >= 4 is 21.5 Å². The van der Waals surface area contributed by atoms with Crippen LogP contribution in [0.4, 0.5) is 5.69 Å². The molecule has 0 aliphatic heterocycles. The summed E-state index contributed by atoms with van der Waals surface area (Å²) in [5.41, 5.74) is 3.25. The minimum Gasteiger partial charge on any atom is -0.259 e. The van der Waals surface area contributed by atoms with E-state index in [1.54, 1.807) is 40.9 Å². The predicted octanol–water partition coefficient (Wildman–Crippen LogP) is 3.45. The monoisotopic (exact) mass is 407 g/mol. The van der Waals surface area contributed by atoms with Crippen molar-refractivity contribution in [3.05, 3.63) is 83.4 Å². The summed E-state index contributed by atoms with van der Waals surface area (Å²) in [6.07, 6.45) is 0. The summed E-state index contributed by atoms with van der Waals surface area (Å²) >= 11 is 0. The van der Waals surface area contributed by atoms with E-state index in [1.807, 2.05) is 45.0 Å². The van der Waals surface area contributed by atoms with Crippen LogP contribution in [-0.2, 0) is 16.6 Å².